The Labute approximate surface area is 180 Å². The van der Waals surface area contributed by atoms with Gasteiger partial charge in [0.05, 0.1) is 11.4 Å². The van der Waals surface area contributed by atoms with E-state index >= 15 is 0 Å². The van der Waals surface area contributed by atoms with Crippen LogP contribution in [0.15, 0.2) is 76.2 Å². The molecule has 0 unspecified atom stereocenters. The van der Waals surface area contributed by atoms with Gasteiger partial charge in [-0.2, -0.15) is 10.2 Å². The Morgan fingerprint density at radius 3 is 1.90 bits per heavy atom. The highest BCUT2D eigenvalue weighted by Gasteiger charge is 2.04. The molecule has 10 heteroatoms. The lowest BCUT2D eigenvalue weighted by Gasteiger charge is -2.12. The molecule has 0 aliphatic rings. The zero-order chi connectivity index (χ0) is 22.1. The van der Waals surface area contributed by atoms with E-state index in [1.165, 1.54) is 0 Å². The number of anilines is 2. The molecular formula is C20H25N9S. The Bertz CT molecular complexity index is 1020. The van der Waals surface area contributed by atoms with Crippen LogP contribution in [0.2, 0.25) is 0 Å². The van der Waals surface area contributed by atoms with Crippen LogP contribution in [0.4, 0.5) is 11.4 Å². The highest BCUT2D eigenvalue weighted by molar-refractivity contribution is 7.80. The van der Waals surface area contributed by atoms with E-state index in [1.54, 1.807) is 0 Å². The van der Waals surface area contributed by atoms with E-state index in [1.807, 2.05) is 62.4 Å². The first-order chi connectivity index (χ1) is 14.2. The minimum Gasteiger partial charge on any atom is -0.385 e. The molecule has 0 spiro atoms. The van der Waals surface area contributed by atoms with Gasteiger partial charge in [-0.1, -0.05) is 30.8 Å². The topological polar surface area (TPSA) is 151 Å². The highest BCUT2D eigenvalue weighted by atomic mass is 32.1. The van der Waals surface area contributed by atoms with Crippen LogP contribution in [-0.2, 0) is 0 Å². The Morgan fingerprint density at radius 1 is 0.867 bits per heavy atom. The molecule has 0 radical (unpaired) electrons. The van der Waals surface area contributed by atoms with E-state index in [-0.39, 0.29) is 11.8 Å². The maximum atomic E-state index is 5.47. The second-order valence-corrected chi connectivity index (χ2v) is 6.69. The number of hydrogen-bond donors (Lipinski definition) is 6. The van der Waals surface area contributed by atoms with Crippen molar-refractivity contribution >= 4 is 46.1 Å². The zero-order valence-corrected chi connectivity index (χ0v) is 17.6. The maximum Gasteiger partial charge on any atom is 0.211 e. The molecule has 156 valence electrons. The predicted molar refractivity (Wildman–Crippen MR) is 129 cm³/mol. The van der Waals surface area contributed by atoms with Crippen LogP contribution in [0.1, 0.15) is 25.0 Å². The summed E-state index contributed by atoms with van der Waals surface area (Å²) in [5.41, 5.74) is 23.5. The van der Waals surface area contributed by atoms with Crippen molar-refractivity contribution in [3.8, 4) is 0 Å². The molecule has 0 saturated heterocycles. The van der Waals surface area contributed by atoms with Gasteiger partial charge in [-0.05, 0) is 61.5 Å². The molecule has 30 heavy (non-hydrogen) atoms. The molecule has 0 bridgehead atoms. The number of benzene rings is 2. The first kappa shape index (κ1) is 22.4. The largest absolute Gasteiger partial charge is 0.385 e. The van der Waals surface area contributed by atoms with Gasteiger partial charge in [-0.3, -0.25) is 5.43 Å². The standard InChI is InChI=1S/C20H25N9S/c1-12(26-28-14(3)21)15-6-4-8-17(10-15)24-20(30)25-18-9-5-7-16(11-18)13(2)27-29-19(22)23/h4-11,28H,3,21H2,1-2H3,(H4,22,23,29)(H2,24,25,30)/b26-12+,27-13+. The smallest absolute Gasteiger partial charge is 0.211 e. The number of nitrogens with zero attached hydrogens (tertiary/aromatic N) is 3. The van der Waals surface area contributed by atoms with Gasteiger partial charge in [0.25, 0.3) is 0 Å². The van der Waals surface area contributed by atoms with Gasteiger partial charge < -0.3 is 27.8 Å². The molecule has 2 aromatic carbocycles. The molecule has 0 heterocycles. The molecule has 0 fully saturated rings. The molecule has 0 aliphatic carbocycles. The predicted octanol–water partition coefficient (Wildman–Crippen LogP) is 2.24. The molecule has 2 rings (SSSR count). The molecule has 0 amide bonds. The quantitative estimate of drug-likeness (QED) is 0.173. The molecule has 9 N–H and O–H groups in total. The third-order valence-corrected chi connectivity index (χ3v) is 3.96. The number of thiocarbonyl (C=S) groups is 1. The zero-order valence-electron chi connectivity index (χ0n) is 16.8. The van der Waals surface area contributed by atoms with Crippen molar-refractivity contribution in [2.75, 3.05) is 10.6 Å². The van der Waals surface area contributed by atoms with Crippen LogP contribution in [0, 0.1) is 0 Å². The van der Waals surface area contributed by atoms with Gasteiger partial charge in [-0.25, -0.2) is 0 Å². The molecule has 9 nitrogen and oxygen atoms in total. The highest BCUT2D eigenvalue weighted by Crippen LogP contribution is 2.15. The third kappa shape index (κ3) is 7.24. The molecule has 0 aliphatic heterocycles. The van der Waals surface area contributed by atoms with Crippen LogP contribution < -0.4 is 33.3 Å². The van der Waals surface area contributed by atoms with E-state index in [0.29, 0.717) is 10.8 Å². The van der Waals surface area contributed by atoms with Crippen LogP contribution in [0.25, 0.3) is 0 Å². The molecule has 2 aromatic rings. The normalized spacial score (nSPS) is 11.4. The second kappa shape index (κ2) is 10.6. The summed E-state index contributed by atoms with van der Waals surface area (Å²) in [4.78, 5) is 0. The van der Waals surface area contributed by atoms with Crippen LogP contribution >= 0.6 is 12.2 Å². The summed E-state index contributed by atoms with van der Waals surface area (Å²) in [5.74, 6) is 0.176. The van der Waals surface area contributed by atoms with Gasteiger partial charge in [0.1, 0.15) is 5.82 Å². The van der Waals surface area contributed by atoms with Gasteiger partial charge in [-0.15, -0.1) is 5.10 Å². The van der Waals surface area contributed by atoms with Gasteiger partial charge >= 0.3 is 0 Å². The number of nitrogens with two attached hydrogens (primary N) is 3. The summed E-state index contributed by atoms with van der Waals surface area (Å²) < 4.78 is 0. The average molecular weight is 424 g/mol. The van der Waals surface area contributed by atoms with Crippen LogP contribution in [0.5, 0.6) is 0 Å². The first-order valence-corrected chi connectivity index (χ1v) is 9.32. The lowest BCUT2D eigenvalue weighted by Crippen LogP contribution is -2.22. The maximum absolute atomic E-state index is 5.47. The molecule has 0 aromatic heterocycles. The summed E-state index contributed by atoms with van der Waals surface area (Å²) in [5, 5.41) is 18.6. The van der Waals surface area contributed by atoms with E-state index in [2.05, 4.69) is 37.9 Å². The SMILES string of the molecule is C=C(N)N/N=C(\C)c1cccc(NC(=S)Nc2cccc(/C(C)=N/N=C(N)N)c2)c1. The van der Waals surface area contributed by atoms with Crippen molar-refractivity contribution in [2.24, 2.45) is 32.5 Å². The third-order valence-electron chi connectivity index (χ3n) is 3.76. The minimum atomic E-state index is -0.0970. The number of rotatable bonds is 7. The van der Waals surface area contributed by atoms with Crippen molar-refractivity contribution in [3.05, 3.63) is 72.1 Å². The lowest BCUT2D eigenvalue weighted by molar-refractivity contribution is 0.875. The van der Waals surface area contributed by atoms with E-state index < -0.39 is 0 Å². The summed E-state index contributed by atoms with van der Waals surface area (Å²) in [7, 11) is 0. The minimum absolute atomic E-state index is 0.0970. The van der Waals surface area contributed by atoms with Crippen molar-refractivity contribution in [1.82, 2.24) is 5.43 Å². The molecule has 0 saturated carbocycles. The van der Waals surface area contributed by atoms with Gasteiger partial charge in [0, 0.05) is 11.4 Å². The van der Waals surface area contributed by atoms with Crippen molar-refractivity contribution in [2.45, 2.75) is 13.8 Å². The van der Waals surface area contributed by atoms with Crippen LogP contribution in [-0.4, -0.2) is 22.5 Å². The van der Waals surface area contributed by atoms with E-state index in [0.717, 1.165) is 28.2 Å². The Kier molecular flexibility index (Phi) is 7.89. The fourth-order valence-electron chi connectivity index (χ4n) is 2.35. The van der Waals surface area contributed by atoms with E-state index in [4.69, 9.17) is 29.4 Å². The fraction of sp³-hybridized carbons (Fsp3) is 0.100. The summed E-state index contributed by atoms with van der Waals surface area (Å²) >= 11 is 5.43. The summed E-state index contributed by atoms with van der Waals surface area (Å²) in [6, 6.07) is 15.2. The Morgan fingerprint density at radius 2 is 1.40 bits per heavy atom. The Balaban J connectivity index is 2.08. The number of nitrogens with one attached hydrogen (secondary N) is 3. The first-order valence-electron chi connectivity index (χ1n) is 8.91. The number of hydrazone groups is 1. The number of hydrogen-bond acceptors (Lipinski definition) is 6. The van der Waals surface area contributed by atoms with E-state index in [9.17, 15) is 0 Å². The second-order valence-electron chi connectivity index (χ2n) is 6.29. The van der Waals surface area contributed by atoms with Gasteiger partial charge in [0.15, 0.2) is 5.11 Å². The van der Waals surface area contributed by atoms with Crippen molar-refractivity contribution in [1.29, 1.82) is 0 Å². The van der Waals surface area contributed by atoms with Gasteiger partial charge in [0.2, 0.25) is 5.96 Å². The Hall–Kier alpha value is -3.92. The fourth-order valence-corrected chi connectivity index (χ4v) is 2.58. The summed E-state index contributed by atoms with van der Waals surface area (Å²) in [6.07, 6.45) is 0. The van der Waals surface area contributed by atoms with Crippen molar-refractivity contribution in [3.63, 3.8) is 0 Å². The molecule has 0 atom stereocenters. The molecular weight excluding hydrogens is 398 g/mol. The number of guanidine groups is 1. The monoisotopic (exact) mass is 423 g/mol. The average Bonchev–Trinajstić information content (AvgIpc) is 2.70. The summed E-state index contributed by atoms with van der Waals surface area (Å²) in [6.45, 7) is 7.23. The van der Waals surface area contributed by atoms with Crippen LogP contribution in [0.3, 0.4) is 0 Å². The lowest BCUT2D eigenvalue weighted by atomic mass is 10.1. The van der Waals surface area contributed by atoms with Crippen molar-refractivity contribution < 1.29 is 0 Å².